The summed E-state index contributed by atoms with van der Waals surface area (Å²) in [7, 11) is 0. The van der Waals surface area contributed by atoms with Gasteiger partial charge in [0.2, 0.25) is 0 Å². The molecule has 3 nitrogen and oxygen atoms in total. The van der Waals surface area contributed by atoms with Crippen LogP contribution in [0, 0.1) is 6.92 Å². The first-order chi connectivity index (χ1) is 7.52. The van der Waals surface area contributed by atoms with Crippen LogP contribution < -0.4 is 5.32 Å². The normalized spacial score (nSPS) is 9.94. The SMILES string of the molecule is CC(=O)Sc1cc(NC(=O)CF)ccc1C. The summed E-state index contributed by atoms with van der Waals surface area (Å²) in [6.45, 7) is 2.28. The van der Waals surface area contributed by atoms with Gasteiger partial charge in [-0.1, -0.05) is 17.8 Å². The molecule has 0 atom stereocenters. The number of halogens is 1. The highest BCUT2D eigenvalue weighted by Crippen LogP contribution is 2.26. The first kappa shape index (κ1) is 12.7. The van der Waals surface area contributed by atoms with Gasteiger partial charge in [0.25, 0.3) is 5.91 Å². The summed E-state index contributed by atoms with van der Waals surface area (Å²) >= 11 is 1.09. The second kappa shape index (κ2) is 5.65. The molecule has 0 spiro atoms. The number of benzene rings is 1. The number of thioether (sulfide) groups is 1. The average Bonchev–Trinajstić information content (AvgIpc) is 2.22. The molecular weight excluding hydrogens is 229 g/mol. The van der Waals surface area contributed by atoms with E-state index in [2.05, 4.69) is 5.32 Å². The van der Waals surface area contributed by atoms with E-state index in [-0.39, 0.29) is 5.12 Å². The molecule has 1 rings (SSSR count). The molecule has 0 radical (unpaired) electrons. The fraction of sp³-hybridized carbons (Fsp3) is 0.273. The third-order valence-corrected chi connectivity index (χ3v) is 2.79. The second-order valence-corrected chi connectivity index (χ2v) is 4.47. The largest absolute Gasteiger partial charge is 0.324 e. The van der Waals surface area contributed by atoms with Crippen molar-refractivity contribution in [3.05, 3.63) is 23.8 Å². The molecule has 0 aliphatic heterocycles. The van der Waals surface area contributed by atoms with Crippen LogP contribution in [0.3, 0.4) is 0 Å². The number of hydrogen-bond donors (Lipinski definition) is 1. The number of amides is 1. The lowest BCUT2D eigenvalue weighted by Gasteiger charge is -2.07. The lowest BCUT2D eigenvalue weighted by Crippen LogP contribution is -2.13. The van der Waals surface area contributed by atoms with Gasteiger partial charge in [0.05, 0.1) is 0 Å². The van der Waals surface area contributed by atoms with Crippen molar-refractivity contribution >= 4 is 28.5 Å². The number of rotatable bonds is 3. The first-order valence-corrected chi connectivity index (χ1v) is 5.49. The Morgan fingerprint density at radius 2 is 2.12 bits per heavy atom. The van der Waals surface area contributed by atoms with E-state index in [4.69, 9.17) is 0 Å². The van der Waals surface area contributed by atoms with Gasteiger partial charge < -0.3 is 5.32 Å². The van der Waals surface area contributed by atoms with Gasteiger partial charge in [0.1, 0.15) is 0 Å². The number of aryl methyl sites for hydroxylation is 1. The Kier molecular flexibility index (Phi) is 4.49. The molecule has 0 bridgehead atoms. The van der Waals surface area contributed by atoms with Crippen molar-refractivity contribution in [1.82, 2.24) is 0 Å². The average molecular weight is 241 g/mol. The second-order valence-electron chi connectivity index (χ2n) is 3.26. The van der Waals surface area contributed by atoms with Crippen LogP contribution >= 0.6 is 11.8 Å². The summed E-state index contributed by atoms with van der Waals surface area (Å²) in [5, 5.41) is 2.36. The van der Waals surface area contributed by atoms with Gasteiger partial charge in [-0.2, -0.15) is 0 Å². The molecule has 0 aromatic heterocycles. The lowest BCUT2D eigenvalue weighted by atomic mass is 10.2. The Balaban J connectivity index is 2.88. The minimum atomic E-state index is -1.05. The van der Waals surface area contributed by atoms with Crippen molar-refractivity contribution < 1.29 is 14.0 Å². The zero-order valence-electron chi connectivity index (χ0n) is 9.04. The highest BCUT2D eigenvalue weighted by atomic mass is 32.2. The minimum Gasteiger partial charge on any atom is -0.324 e. The molecule has 0 aliphatic carbocycles. The molecule has 1 aromatic rings. The van der Waals surface area contributed by atoms with Crippen molar-refractivity contribution in [3.63, 3.8) is 0 Å². The summed E-state index contributed by atoms with van der Waals surface area (Å²) in [6, 6.07) is 5.11. The van der Waals surface area contributed by atoms with Gasteiger partial charge in [-0.15, -0.1) is 0 Å². The molecule has 5 heteroatoms. The number of anilines is 1. The predicted octanol–water partition coefficient (Wildman–Crippen LogP) is 2.54. The summed E-state index contributed by atoms with van der Waals surface area (Å²) in [6.07, 6.45) is 0. The van der Waals surface area contributed by atoms with E-state index < -0.39 is 12.6 Å². The highest BCUT2D eigenvalue weighted by molar-refractivity contribution is 8.13. The summed E-state index contributed by atoms with van der Waals surface area (Å²) in [5.41, 5.74) is 1.44. The molecule has 0 aliphatic rings. The maximum absolute atomic E-state index is 12.0. The van der Waals surface area contributed by atoms with Crippen LogP contribution in [0.15, 0.2) is 23.1 Å². The van der Waals surface area contributed by atoms with Crippen molar-refractivity contribution in [2.75, 3.05) is 12.0 Å². The smallest absolute Gasteiger partial charge is 0.255 e. The Bertz CT molecular complexity index is 420. The number of carbonyl (C=O) groups is 2. The summed E-state index contributed by atoms with van der Waals surface area (Å²) < 4.78 is 12.0. The van der Waals surface area contributed by atoms with E-state index in [9.17, 15) is 14.0 Å². The van der Waals surface area contributed by atoms with Crippen molar-refractivity contribution in [2.45, 2.75) is 18.7 Å². The molecule has 0 fully saturated rings. The molecular formula is C11H12FNO2S. The monoisotopic (exact) mass is 241 g/mol. The molecule has 86 valence electrons. The van der Waals surface area contributed by atoms with Crippen LogP contribution in [-0.2, 0) is 9.59 Å². The van der Waals surface area contributed by atoms with Crippen molar-refractivity contribution in [2.24, 2.45) is 0 Å². The standard InChI is InChI=1S/C11H12FNO2S/c1-7-3-4-9(13-11(15)6-12)5-10(7)16-8(2)14/h3-5H,6H2,1-2H3,(H,13,15). The molecule has 1 amide bonds. The van der Waals surface area contributed by atoms with Gasteiger partial charge >= 0.3 is 0 Å². The lowest BCUT2D eigenvalue weighted by molar-refractivity contribution is -0.117. The topological polar surface area (TPSA) is 46.2 Å². The number of carbonyl (C=O) groups excluding carboxylic acids is 2. The minimum absolute atomic E-state index is 0.0305. The molecule has 1 aromatic carbocycles. The van der Waals surface area contributed by atoms with Gasteiger partial charge in [-0.25, -0.2) is 4.39 Å². The number of nitrogens with one attached hydrogen (secondary N) is 1. The van der Waals surface area contributed by atoms with Crippen molar-refractivity contribution in [1.29, 1.82) is 0 Å². The van der Waals surface area contributed by atoms with E-state index in [0.29, 0.717) is 5.69 Å². The molecule has 0 unspecified atom stereocenters. The number of alkyl halides is 1. The van der Waals surface area contributed by atoms with E-state index in [1.807, 2.05) is 6.92 Å². The Morgan fingerprint density at radius 1 is 1.44 bits per heavy atom. The molecule has 0 saturated carbocycles. The number of hydrogen-bond acceptors (Lipinski definition) is 3. The molecule has 16 heavy (non-hydrogen) atoms. The highest BCUT2D eigenvalue weighted by Gasteiger charge is 2.06. The maximum Gasteiger partial charge on any atom is 0.255 e. The van der Waals surface area contributed by atoms with E-state index in [1.165, 1.54) is 6.92 Å². The van der Waals surface area contributed by atoms with Crippen LogP contribution in [0.2, 0.25) is 0 Å². The molecule has 1 N–H and O–H groups in total. The third kappa shape index (κ3) is 3.66. The predicted molar refractivity (Wildman–Crippen MR) is 62.3 cm³/mol. The fourth-order valence-corrected chi connectivity index (χ4v) is 1.86. The summed E-state index contributed by atoms with van der Waals surface area (Å²) in [5.74, 6) is -0.692. The van der Waals surface area contributed by atoms with E-state index >= 15 is 0 Å². The van der Waals surface area contributed by atoms with Gasteiger partial charge in [0.15, 0.2) is 11.8 Å². The van der Waals surface area contributed by atoms with E-state index in [1.54, 1.807) is 18.2 Å². The third-order valence-electron chi connectivity index (χ3n) is 1.85. The molecule has 0 heterocycles. The van der Waals surface area contributed by atoms with Crippen LogP contribution in [0.5, 0.6) is 0 Å². The van der Waals surface area contributed by atoms with Crippen LogP contribution in [-0.4, -0.2) is 17.7 Å². The van der Waals surface area contributed by atoms with Crippen molar-refractivity contribution in [3.8, 4) is 0 Å². The van der Waals surface area contributed by atoms with Gasteiger partial charge in [0, 0.05) is 17.5 Å². The van der Waals surface area contributed by atoms with Crippen LogP contribution in [0.25, 0.3) is 0 Å². The van der Waals surface area contributed by atoms with Gasteiger partial charge in [-0.05, 0) is 24.6 Å². The zero-order valence-corrected chi connectivity index (χ0v) is 9.86. The molecule has 0 saturated heterocycles. The summed E-state index contributed by atoms with van der Waals surface area (Å²) in [4.78, 5) is 22.6. The Hall–Kier alpha value is -1.36. The zero-order chi connectivity index (χ0) is 12.1. The Morgan fingerprint density at radius 3 is 2.69 bits per heavy atom. The van der Waals surface area contributed by atoms with Crippen LogP contribution in [0.1, 0.15) is 12.5 Å². The Labute approximate surface area is 97.4 Å². The first-order valence-electron chi connectivity index (χ1n) is 4.68. The maximum atomic E-state index is 12.0. The van der Waals surface area contributed by atoms with Crippen LogP contribution in [0.4, 0.5) is 10.1 Å². The van der Waals surface area contributed by atoms with E-state index in [0.717, 1.165) is 22.2 Å². The fourth-order valence-electron chi connectivity index (χ4n) is 1.14. The quantitative estimate of drug-likeness (QED) is 0.827. The van der Waals surface area contributed by atoms with Gasteiger partial charge in [-0.3, -0.25) is 9.59 Å².